The number of carbonyl (C=O) groups excluding carboxylic acids is 3. The molecule has 5 aromatic rings. The average Bonchev–Trinajstić information content (AvgIpc) is 3.16. The van der Waals surface area contributed by atoms with Crippen LogP contribution in [0.25, 0.3) is 33.1 Å². The van der Waals surface area contributed by atoms with Gasteiger partial charge in [0.1, 0.15) is 5.82 Å². The summed E-state index contributed by atoms with van der Waals surface area (Å²) in [6.07, 6.45) is 5.58. The number of H-pyrrole nitrogens is 1. The normalized spacial score (nSPS) is 16.5. The maximum atomic E-state index is 12.4. The predicted molar refractivity (Wildman–Crippen MR) is 208 cm³/mol. The maximum Gasteiger partial charge on any atom is 0.256 e. The molecule has 1 aliphatic carbocycles. The standard InChI is InChI=1S/C21H25N5O2.C20H21N3O2/c1-14(2)26-9-7-25(8-10-26)13-19(27)23-15-11-18-20(22-12-15)16-5-3-4-6-17(16)21(28)24-18;24-17-12-14-8-9-18(21-19(25)13-23-10-4-1-5-11-23)22-20(14)16-7-3-2-6-15(16)17/h3-6,11-12,14H,7-10,13H2,1-2H3,(H,23,27)(H,24,28);2-3,6-9H,1,4-5,10-13H2,(H,21,22,25). The summed E-state index contributed by atoms with van der Waals surface area (Å²) in [5.74, 6) is 0.563. The minimum atomic E-state index is -0.156. The molecule has 2 aliphatic heterocycles. The molecule has 0 saturated carbocycles. The largest absolute Gasteiger partial charge is 0.324 e. The van der Waals surface area contributed by atoms with Gasteiger partial charge in [0.2, 0.25) is 11.8 Å². The first-order chi connectivity index (χ1) is 25.7. The minimum Gasteiger partial charge on any atom is -0.324 e. The van der Waals surface area contributed by atoms with Gasteiger partial charge in [-0.05, 0) is 63.5 Å². The molecule has 2 aromatic carbocycles. The molecule has 2 amide bonds. The molecule has 5 heterocycles. The first-order valence-corrected chi connectivity index (χ1v) is 18.5. The molecule has 274 valence electrons. The van der Waals surface area contributed by atoms with Gasteiger partial charge in [-0.25, -0.2) is 4.98 Å². The summed E-state index contributed by atoms with van der Waals surface area (Å²) in [7, 11) is 0. The predicted octanol–water partition coefficient (Wildman–Crippen LogP) is 4.95. The van der Waals surface area contributed by atoms with Crippen LogP contribution in [0.3, 0.4) is 0 Å². The van der Waals surface area contributed by atoms with Gasteiger partial charge in [-0.15, -0.1) is 0 Å². The monoisotopic (exact) mass is 714 g/mol. The Kier molecular flexibility index (Phi) is 11.0. The lowest BCUT2D eigenvalue weighted by molar-refractivity contribution is -0.118. The quantitative estimate of drug-likeness (QED) is 0.200. The highest BCUT2D eigenvalue weighted by molar-refractivity contribution is 6.07. The van der Waals surface area contributed by atoms with Crippen molar-refractivity contribution in [1.82, 2.24) is 29.7 Å². The van der Waals surface area contributed by atoms with Gasteiger partial charge in [0.15, 0.2) is 5.78 Å². The van der Waals surface area contributed by atoms with Crippen molar-refractivity contribution in [3.8, 4) is 11.3 Å². The molecule has 0 bridgehead atoms. The van der Waals surface area contributed by atoms with Crippen LogP contribution in [0.2, 0.25) is 0 Å². The van der Waals surface area contributed by atoms with E-state index < -0.39 is 0 Å². The van der Waals surface area contributed by atoms with E-state index in [0.717, 1.165) is 79.8 Å². The van der Waals surface area contributed by atoms with Gasteiger partial charge < -0.3 is 15.6 Å². The Morgan fingerprint density at radius 1 is 0.774 bits per heavy atom. The van der Waals surface area contributed by atoms with Crippen LogP contribution in [0.1, 0.15) is 49.0 Å². The number of rotatable bonds is 7. The number of pyridine rings is 3. The van der Waals surface area contributed by atoms with Crippen molar-refractivity contribution in [2.24, 2.45) is 0 Å². The second-order valence-electron chi connectivity index (χ2n) is 14.3. The number of hydrogen-bond acceptors (Lipinski definition) is 9. The number of aromatic amines is 1. The second-order valence-corrected chi connectivity index (χ2v) is 14.3. The highest BCUT2D eigenvalue weighted by Crippen LogP contribution is 2.32. The molecule has 0 radical (unpaired) electrons. The van der Waals surface area contributed by atoms with E-state index in [1.54, 1.807) is 24.4 Å². The number of nitrogens with one attached hydrogen (secondary N) is 3. The first-order valence-electron chi connectivity index (χ1n) is 18.5. The number of aromatic nitrogens is 3. The van der Waals surface area contributed by atoms with Crippen molar-refractivity contribution in [3.63, 3.8) is 0 Å². The average molecular weight is 715 g/mol. The van der Waals surface area contributed by atoms with Crippen LogP contribution in [-0.4, -0.2) is 106 Å². The lowest BCUT2D eigenvalue weighted by atomic mass is 9.88. The van der Waals surface area contributed by atoms with Crippen molar-refractivity contribution >= 4 is 50.9 Å². The number of fused-ring (bicyclic) bond motifs is 6. The zero-order valence-corrected chi connectivity index (χ0v) is 30.4. The number of piperazine rings is 1. The van der Waals surface area contributed by atoms with Crippen molar-refractivity contribution in [2.45, 2.75) is 45.6 Å². The fourth-order valence-electron chi connectivity index (χ4n) is 7.40. The second kappa shape index (κ2) is 16.2. The van der Waals surface area contributed by atoms with E-state index in [-0.39, 0.29) is 23.2 Å². The van der Waals surface area contributed by atoms with Gasteiger partial charge in [-0.2, -0.15) is 0 Å². The Morgan fingerprint density at radius 2 is 1.43 bits per heavy atom. The van der Waals surface area contributed by atoms with Gasteiger partial charge in [-0.3, -0.25) is 38.9 Å². The number of hydrogen-bond donors (Lipinski definition) is 3. The molecular weight excluding hydrogens is 669 g/mol. The molecule has 3 aliphatic rings. The molecule has 3 aromatic heterocycles. The number of piperidine rings is 1. The Balaban J connectivity index is 0.000000165. The highest BCUT2D eigenvalue weighted by atomic mass is 16.2. The molecule has 2 fully saturated rings. The van der Waals surface area contributed by atoms with Crippen molar-refractivity contribution in [2.75, 3.05) is 63.0 Å². The number of carbonyl (C=O) groups is 3. The zero-order valence-electron chi connectivity index (χ0n) is 30.4. The molecule has 12 heteroatoms. The van der Waals surface area contributed by atoms with E-state index in [1.165, 1.54) is 6.42 Å². The number of ketones is 1. The zero-order chi connectivity index (χ0) is 36.9. The molecule has 0 atom stereocenters. The van der Waals surface area contributed by atoms with Crippen LogP contribution in [0, 0.1) is 0 Å². The summed E-state index contributed by atoms with van der Waals surface area (Å²) < 4.78 is 0. The lowest BCUT2D eigenvalue weighted by Crippen LogP contribution is -2.50. The Morgan fingerprint density at radius 3 is 2.17 bits per heavy atom. The van der Waals surface area contributed by atoms with Crippen molar-refractivity contribution in [1.29, 1.82) is 0 Å². The maximum absolute atomic E-state index is 12.4. The van der Waals surface area contributed by atoms with Crippen LogP contribution in [-0.2, 0) is 16.0 Å². The topological polar surface area (TPSA) is 144 Å². The molecule has 0 spiro atoms. The van der Waals surface area contributed by atoms with Gasteiger partial charge in [-0.1, -0.05) is 55.0 Å². The van der Waals surface area contributed by atoms with Crippen LogP contribution in [0.4, 0.5) is 11.5 Å². The van der Waals surface area contributed by atoms with Crippen LogP contribution < -0.4 is 16.2 Å². The number of Topliss-reactive ketones (excluding diaryl/α,β-unsaturated/α-hetero) is 1. The van der Waals surface area contributed by atoms with E-state index >= 15 is 0 Å². The van der Waals surface area contributed by atoms with Gasteiger partial charge in [0, 0.05) is 60.5 Å². The number of nitrogens with zero attached hydrogens (tertiary/aromatic N) is 5. The Bertz CT molecular complexity index is 2200. The summed E-state index contributed by atoms with van der Waals surface area (Å²) in [5, 5.41) is 7.23. The molecule has 3 N–H and O–H groups in total. The fourth-order valence-corrected chi connectivity index (χ4v) is 7.40. The lowest BCUT2D eigenvalue weighted by Gasteiger charge is -2.36. The Hall–Kier alpha value is -5.30. The van der Waals surface area contributed by atoms with E-state index in [2.05, 4.69) is 54.1 Å². The van der Waals surface area contributed by atoms with Gasteiger partial charge in [0.25, 0.3) is 5.56 Å². The SMILES string of the molecule is CC(C)N1CCN(CC(=O)Nc2cnc3c(c2)[nH]c(=O)c2ccccc23)CC1.O=C(CN1CCCCC1)Nc1ccc2c(n1)-c1ccccc1C(=O)C2. The highest BCUT2D eigenvalue weighted by Gasteiger charge is 2.24. The van der Waals surface area contributed by atoms with Gasteiger partial charge in [0.05, 0.1) is 41.7 Å². The smallest absolute Gasteiger partial charge is 0.256 e. The van der Waals surface area contributed by atoms with Crippen LogP contribution >= 0.6 is 0 Å². The molecule has 53 heavy (non-hydrogen) atoms. The molecule has 12 nitrogen and oxygen atoms in total. The summed E-state index contributed by atoms with van der Waals surface area (Å²) in [6, 6.07) is 20.9. The summed E-state index contributed by atoms with van der Waals surface area (Å²) in [5.41, 5.74) is 5.04. The van der Waals surface area contributed by atoms with E-state index in [0.29, 0.717) is 53.5 Å². The third kappa shape index (κ3) is 8.51. The third-order valence-electron chi connectivity index (χ3n) is 10.2. The van der Waals surface area contributed by atoms with Crippen LogP contribution in [0.15, 0.2) is 77.7 Å². The van der Waals surface area contributed by atoms with E-state index in [4.69, 9.17) is 0 Å². The third-order valence-corrected chi connectivity index (χ3v) is 10.2. The summed E-state index contributed by atoms with van der Waals surface area (Å²) in [4.78, 5) is 68.0. The van der Waals surface area contributed by atoms with Gasteiger partial charge >= 0.3 is 0 Å². The summed E-state index contributed by atoms with van der Waals surface area (Å²) >= 11 is 0. The number of anilines is 2. The number of likely N-dealkylation sites (tertiary alicyclic amines) is 1. The molecule has 0 unspecified atom stereocenters. The van der Waals surface area contributed by atoms with Crippen LogP contribution in [0.5, 0.6) is 0 Å². The number of amides is 2. The molecular formula is C41H46N8O4. The molecule has 8 rings (SSSR count). The minimum absolute atomic E-state index is 0.0329. The Labute approximate surface area is 308 Å². The first kappa shape index (κ1) is 36.1. The summed E-state index contributed by atoms with van der Waals surface area (Å²) in [6.45, 7) is 10.9. The van der Waals surface area contributed by atoms with E-state index in [1.807, 2.05) is 48.5 Å². The molecule has 2 saturated heterocycles. The van der Waals surface area contributed by atoms with Crippen molar-refractivity contribution in [3.05, 3.63) is 94.4 Å². The number of benzene rings is 2. The van der Waals surface area contributed by atoms with Crippen molar-refractivity contribution < 1.29 is 14.4 Å². The van der Waals surface area contributed by atoms with E-state index in [9.17, 15) is 19.2 Å². The fraction of sp³-hybridized carbons (Fsp3) is 0.366.